The summed E-state index contributed by atoms with van der Waals surface area (Å²) in [4.78, 5) is 41.5. The lowest BCUT2D eigenvalue weighted by Gasteiger charge is -2.39. The van der Waals surface area contributed by atoms with E-state index in [1.165, 1.54) is 41.2 Å². The second kappa shape index (κ2) is 17.4. The molecule has 1 atom stereocenters. The number of aromatic amines is 1. The Labute approximate surface area is 379 Å². The third-order valence-electron chi connectivity index (χ3n) is 11.9. The number of allylic oxidation sites excluding steroid dienone is 1. The van der Waals surface area contributed by atoms with E-state index in [0.29, 0.717) is 35.2 Å². The van der Waals surface area contributed by atoms with Crippen LogP contribution in [0.15, 0.2) is 108 Å². The van der Waals surface area contributed by atoms with Crippen LogP contribution in [0.1, 0.15) is 60.8 Å². The van der Waals surface area contributed by atoms with Crippen molar-refractivity contribution in [3.8, 4) is 17.2 Å². The van der Waals surface area contributed by atoms with E-state index in [2.05, 4.69) is 60.8 Å². The summed E-state index contributed by atoms with van der Waals surface area (Å²) in [7, 11) is -4.68. The summed E-state index contributed by atoms with van der Waals surface area (Å²) in [6.45, 7) is 8.67. The molecule has 1 saturated heterocycles. The Morgan fingerprint density at radius 1 is 0.984 bits per heavy atom. The number of piperazine rings is 1. The second-order valence-electron chi connectivity index (χ2n) is 17.0. The summed E-state index contributed by atoms with van der Waals surface area (Å²) in [5.41, 5.74) is 5.57. The molecule has 64 heavy (non-hydrogen) atoms. The summed E-state index contributed by atoms with van der Waals surface area (Å²) < 4.78 is 42.2. The highest BCUT2D eigenvalue weighted by Crippen LogP contribution is 2.45. The van der Waals surface area contributed by atoms with Gasteiger partial charge in [-0.05, 0) is 90.4 Å². The lowest BCUT2D eigenvalue weighted by molar-refractivity contribution is -0.386. The Morgan fingerprint density at radius 3 is 2.52 bits per heavy atom. The molecule has 9 rings (SSSR count). The van der Waals surface area contributed by atoms with Crippen LogP contribution in [0.5, 0.6) is 17.2 Å². The van der Waals surface area contributed by atoms with Gasteiger partial charge in [-0.15, -0.1) is 0 Å². The molecule has 3 N–H and O–H groups in total. The summed E-state index contributed by atoms with van der Waals surface area (Å²) in [6, 6.07) is 22.0. The van der Waals surface area contributed by atoms with Gasteiger partial charge in [0.2, 0.25) is 5.75 Å². The van der Waals surface area contributed by atoms with Crippen LogP contribution in [-0.2, 0) is 10.0 Å². The zero-order valence-electron chi connectivity index (χ0n) is 34.9. The van der Waals surface area contributed by atoms with E-state index in [9.17, 15) is 23.3 Å². The average Bonchev–Trinajstić information content (AvgIpc) is 3.75. The van der Waals surface area contributed by atoms with Crippen LogP contribution in [0.25, 0.3) is 16.6 Å². The van der Waals surface area contributed by atoms with Gasteiger partial charge in [-0.2, -0.15) is 0 Å². The lowest BCUT2D eigenvalue weighted by atomic mass is 9.72. The predicted octanol–water partition coefficient (Wildman–Crippen LogP) is 9.42. The molecule has 15 nitrogen and oxygen atoms in total. The molecular formula is C46H44Cl2N8O7S. The van der Waals surface area contributed by atoms with E-state index in [1.54, 1.807) is 36.5 Å². The number of nitrogens with zero attached hydrogens (tertiary/aromatic N) is 5. The van der Waals surface area contributed by atoms with Gasteiger partial charge in [0.15, 0.2) is 6.10 Å². The van der Waals surface area contributed by atoms with Crippen molar-refractivity contribution in [3.63, 3.8) is 0 Å². The van der Waals surface area contributed by atoms with Gasteiger partial charge in [-0.1, -0.05) is 54.8 Å². The van der Waals surface area contributed by atoms with Crippen molar-refractivity contribution in [3.05, 3.63) is 140 Å². The molecule has 5 heterocycles. The van der Waals surface area contributed by atoms with Gasteiger partial charge in [0.1, 0.15) is 17.1 Å². The number of hydrogen-bond donors (Lipinski definition) is 3. The van der Waals surface area contributed by atoms with Gasteiger partial charge in [0.25, 0.3) is 15.9 Å². The maximum absolute atomic E-state index is 14.0. The minimum absolute atomic E-state index is 0.0646. The number of carbonyl (C=O) groups excluding carboxylic acids is 1. The fourth-order valence-electron chi connectivity index (χ4n) is 8.48. The number of H-pyrrole nitrogens is 1. The molecule has 2 aliphatic heterocycles. The molecule has 0 unspecified atom stereocenters. The number of ether oxygens (including phenoxy) is 2. The number of amides is 1. The number of rotatable bonds is 11. The van der Waals surface area contributed by atoms with Crippen molar-refractivity contribution in [1.82, 2.24) is 24.6 Å². The highest BCUT2D eigenvalue weighted by molar-refractivity contribution is 7.90. The number of fused-ring (bicyclic) bond motifs is 2. The van der Waals surface area contributed by atoms with Gasteiger partial charge in [-0.3, -0.25) is 24.8 Å². The molecular weight excluding hydrogens is 880 g/mol. The number of sulfonamides is 1. The number of nitrogens with one attached hydrogen (secondary N) is 3. The first-order valence-corrected chi connectivity index (χ1v) is 23.0. The van der Waals surface area contributed by atoms with E-state index in [0.717, 1.165) is 61.1 Å². The zero-order chi connectivity index (χ0) is 44.8. The third-order valence-corrected chi connectivity index (χ3v) is 13.7. The SMILES string of the molecule is CC1(C)CCC(CN2CCN(c3ccc(C(=O)NS(=O)(=O)c4cc5c(c([N+](=O)[O-])c4)O[C@H](c4ccc(Cl)cn4)CN5)c(Oc4cnc5[nH]ccc5c4)c3)CC2)=C(c2ccc(Cl)cc2)C1. The molecule has 330 valence electrons. The Hall–Kier alpha value is -6.20. The van der Waals surface area contributed by atoms with Crippen LogP contribution in [0.3, 0.4) is 0 Å². The molecule has 0 spiro atoms. The Balaban J connectivity index is 0.953. The van der Waals surface area contributed by atoms with Crippen molar-refractivity contribution < 1.29 is 27.6 Å². The van der Waals surface area contributed by atoms with Crippen molar-refractivity contribution in [2.45, 2.75) is 44.1 Å². The molecule has 3 aromatic carbocycles. The Kier molecular flexibility index (Phi) is 11.7. The van der Waals surface area contributed by atoms with Crippen molar-refractivity contribution >= 4 is 72.8 Å². The minimum atomic E-state index is -4.68. The first-order chi connectivity index (χ1) is 30.7. The van der Waals surface area contributed by atoms with Crippen molar-refractivity contribution in [2.24, 2.45) is 5.41 Å². The molecule has 0 bridgehead atoms. The monoisotopic (exact) mass is 922 g/mol. The standard InChI is InChI=1S/C46H44Cl2N8O7S/c1-46(2)13-11-30(37(23-46)28-3-5-31(47)6-4-28)27-54-15-17-55(18-16-54)33-8-9-36(41(20-33)62-34-19-29-12-14-49-44(29)52-25-34)45(57)53-64(60,61)35-21-39-43(40(22-35)56(58)59)63-42(26-51-39)38-10-7-32(48)24-50-38/h3-10,12,14,19-22,24-25,42,51H,11,13,15-18,23,26-27H2,1-2H3,(H,49,52)(H,53,57)/t42-/m0/s1. The number of nitro groups is 1. The smallest absolute Gasteiger partial charge is 0.314 e. The Bertz CT molecular complexity index is 2920. The molecule has 18 heteroatoms. The molecule has 0 radical (unpaired) electrons. The fourth-order valence-corrected chi connectivity index (χ4v) is 9.73. The third kappa shape index (κ3) is 9.22. The first-order valence-electron chi connectivity index (χ1n) is 20.8. The van der Waals surface area contributed by atoms with E-state index < -0.39 is 37.5 Å². The van der Waals surface area contributed by atoms with Crippen LogP contribution >= 0.6 is 23.2 Å². The van der Waals surface area contributed by atoms with Gasteiger partial charge in [0, 0.05) is 73.3 Å². The molecule has 3 aliphatic rings. The van der Waals surface area contributed by atoms with Gasteiger partial charge >= 0.3 is 5.69 Å². The van der Waals surface area contributed by atoms with Crippen LogP contribution in [0, 0.1) is 15.5 Å². The maximum Gasteiger partial charge on any atom is 0.314 e. The van der Waals surface area contributed by atoms with Crippen LogP contribution in [0.4, 0.5) is 17.1 Å². The number of carbonyl (C=O) groups is 1. The van der Waals surface area contributed by atoms with Crippen LogP contribution < -0.4 is 24.4 Å². The van der Waals surface area contributed by atoms with E-state index in [4.69, 9.17) is 32.7 Å². The molecule has 0 saturated carbocycles. The van der Waals surface area contributed by atoms with Crippen molar-refractivity contribution in [2.75, 3.05) is 49.5 Å². The number of nitro benzene ring substituents is 1. The number of halogens is 2. The van der Waals surface area contributed by atoms with E-state index in [-0.39, 0.29) is 34.7 Å². The molecule has 6 aromatic rings. The quantitative estimate of drug-likeness (QED) is 0.0828. The number of aromatic nitrogens is 3. The van der Waals surface area contributed by atoms with Gasteiger partial charge < -0.3 is 24.7 Å². The molecule has 1 amide bonds. The second-order valence-corrected chi connectivity index (χ2v) is 19.5. The minimum Gasteiger partial charge on any atom is -0.474 e. The topological polar surface area (TPSA) is 185 Å². The molecule has 3 aromatic heterocycles. The highest BCUT2D eigenvalue weighted by atomic mass is 35.5. The summed E-state index contributed by atoms with van der Waals surface area (Å²) in [5.74, 6) is -0.739. The largest absolute Gasteiger partial charge is 0.474 e. The number of anilines is 2. The predicted molar refractivity (Wildman–Crippen MR) is 246 cm³/mol. The maximum atomic E-state index is 14.0. The average molecular weight is 924 g/mol. The molecule has 1 fully saturated rings. The van der Waals surface area contributed by atoms with Gasteiger partial charge in [0.05, 0.1) is 44.5 Å². The highest BCUT2D eigenvalue weighted by Gasteiger charge is 2.34. The van der Waals surface area contributed by atoms with Crippen LogP contribution in [0.2, 0.25) is 10.0 Å². The van der Waals surface area contributed by atoms with Crippen LogP contribution in [-0.4, -0.2) is 78.4 Å². The van der Waals surface area contributed by atoms with E-state index in [1.807, 2.05) is 18.2 Å². The number of pyridine rings is 2. The number of hydrogen-bond acceptors (Lipinski definition) is 12. The first kappa shape index (κ1) is 43.1. The van der Waals surface area contributed by atoms with Gasteiger partial charge in [-0.25, -0.2) is 18.1 Å². The normalized spacial score (nSPS) is 17.6. The number of benzene rings is 3. The molecule has 1 aliphatic carbocycles. The summed E-state index contributed by atoms with van der Waals surface area (Å²) in [6.07, 6.45) is 7.14. The van der Waals surface area contributed by atoms with E-state index >= 15 is 0 Å². The zero-order valence-corrected chi connectivity index (χ0v) is 37.3. The fraction of sp³-hybridized carbons (Fsp3) is 0.283. The Morgan fingerprint density at radius 2 is 1.77 bits per heavy atom. The van der Waals surface area contributed by atoms with Crippen molar-refractivity contribution in [1.29, 1.82) is 0 Å². The summed E-state index contributed by atoms with van der Waals surface area (Å²) >= 11 is 12.2. The summed E-state index contributed by atoms with van der Waals surface area (Å²) in [5, 5.41) is 17.2. The lowest BCUT2D eigenvalue weighted by Crippen LogP contribution is -2.47.